The number of aliphatic hydroxyl groups excluding tert-OH is 1. The van der Waals surface area contributed by atoms with Gasteiger partial charge in [-0.1, -0.05) is 6.07 Å². The number of hydrogen-bond donors (Lipinski definition) is 1. The summed E-state index contributed by atoms with van der Waals surface area (Å²) in [7, 11) is 0. The van der Waals surface area contributed by atoms with Gasteiger partial charge in [0.1, 0.15) is 12.1 Å². The number of aromatic nitrogens is 1. The SMILES string of the molecule is OCCc1coc(-c2cccc(F)c2)n1. The summed E-state index contributed by atoms with van der Waals surface area (Å²) in [4.78, 5) is 4.12. The number of benzene rings is 1. The molecular formula is C11H10FNO2. The molecule has 0 atom stereocenters. The van der Waals surface area contributed by atoms with Crippen LogP contribution < -0.4 is 0 Å². The maximum absolute atomic E-state index is 12.9. The maximum Gasteiger partial charge on any atom is 0.226 e. The lowest BCUT2D eigenvalue weighted by Crippen LogP contribution is -1.90. The molecule has 0 radical (unpaired) electrons. The first kappa shape index (κ1) is 9.86. The number of aliphatic hydroxyl groups is 1. The van der Waals surface area contributed by atoms with Crippen molar-refractivity contribution in [1.82, 2.24) is 4.98 Å². The minimum absolute atomic E-state index is 0.0229. The maximum atomic E-state index is 12.9. The van der Waals surface area contributed by atoms with Crippen molar-refractivity contribution < 1.29 is 13.9 Å². The number of hydrogen-bond acceptors (Lipinski definition) is 3. The quantitative estimate of drug-likeness (QED) is 0.837. The van der Waals surface area contributed by atoms with E-state index in [9.17, 15) is 4.39 Å². The van der Waals surface area contributed by atoms with Crippen LogP contribution in [0.25, 0.3) is 11.5 Å². The van der Waals surface area contributed by atoms with Crippen molar-refractivity contribution in [3.8, 4) is 11.5 Å². The van der Waals surface area contributed by atoms with Gasteiger partial charge in [-0.2, -0.15) is 0 Å². The lowest BCUT2D eigenvalue weighted by atomic mass is 10.2. The van der Waals surface area contributed by atoms with Crippen molar-refractivity contribution in [2.24, 2.45) is 0 Å². The van der Waals surface area contributed by atoms with Crippen LogP contribution in [0.5, 0.6) is 0 Å². The first-order valence-electron chi connectivity index (χ1n) is 4.61. The molecule has 0 unspecified atom stereocenters. The third-order valence-corrected chi connectivity index (χ3v) is 1.99. The molecule has 1 N–H and O–H groups in total. The second-order valence-electron chi connectivity index (χ2n) is 3.13. The van der Waals surface area contributed by atoms with E-state index in [0.717, 1.165) is 0 Å². The number of rotatable bonds is 3. The summed E-state index contributed by atoms with van der Waals surface area (Å²) in [6.07, 6.45) is 1.91. The Hall–Kier alpha value is -1.68. The molecule has 0 aliphatic heterocycles. The van der Waals surface area contributed by atoms with E-state index in [1.54, 1.807) is 12.1 Å². The van der Waals surface area contributed by atoms with Gasteiger partial charge in [0, 0.05) is 18.6 Å². The smallest absolute Gasteiger partial charge is 0.226 e. The molecule has 1 aromatic heterocycles. The van der Waals surface area contributed by atoms with Crippen LogP contribution in [0.3, 0.4) is 0 Å². The standard InChI is InChI=1S/C11H10FNO2/c12-9-3-1-2-8(6-9)11-13-10(4-5-14)7-15-11/h1-3,6-7,14H,4-5H2. The zero-order valence-corrected chi connectivity index (χ0v) is 7.98. The highest BCUT2D eigenvalue weighted by Gasteiger charge is 2.06. The molecule has 0 saturated heterocycles. The first-order valence-corrected chi connectivity index (χ1v) is 4.61. The largest absolute Gasteiger partial charge is 0.444 e. The van der Waals surface area contributed by atoms with Gasteiger partial charge in [-0.05, 0) is 18.2 Å². The number of oxazole rings is 1. The fraction of sp³-hybridized carbons (Fsp3) is 0.182. The van der Waals surface area contributed by atoms with Crippen molar-refractivity contribution >= 4 is 0 Å². The van der Waals surface area contributed by atoms with Gasteiger partial charge < -0.3 is 9.52 Å². The van der Waals surface area contributed by atoms with Crippen molar-refractivity contribution in [2.75, 3.05) is 6.61 Å². The highest BCUT2D eigenvalue weighted by atomic mass is 19.1. The van der Waals surface area contributed by atoms with E-state index in [2.05, 4.69) is 4.98 Å². The summed E-state index contributed by atoms with van der Waals surface area (Å²) in [5.41, 5.74) is 1.26. The summed E-state index contributed by atoms with van der Waals surface area (Å²) in [5.74, 6) is 0.0485. The molecule has 1 aromatic carbocycles. The lowest BCUT2D eigenvalue weighted by molar-refractivity contribution is 0.298. The first-order chi connectivity index (χ1) is 7.29. The van der Waals surface area contributed by atoms with Crippen molar-refractivity contribution in [3.63, 3.8) is 0 Å². The van der Waals surface area contributed by atoms with Crippen LogP contribution in [-0.4, -0.2) is 16.7 Å². The summed E-state index contributed by atoms with van der Waals surface area (Å²) >= 11 is 0. The molecule has 0 aliphatic carbocycles. The topological polar surface area (TPSA) is 46.3 Å². The fourth-order valence-electron chi connectivity index (χ4n) is 1.29. The Kier molecular flexibility index (Phi) is 2.78. The van der Waals surface area contributed by atoms with Gasteiger partial charge in [0.15, 0.2) is 0 Å². The predicted octanol–water partition coefficient (Wildman–Crippen LogP) is 2.02. The molecule has 0 bridgehead atoms. The molecule has 0 aliphatic rings. The predicted molar refractivity (Wildman–Crippen MR) is 52.7 cm³/mol. The molecule has 2 aromatic rings. The van der Waals surface area contributed by atoms with E-state index < -0.39 is 0 Å². The van der Waals surface area contributed by atoms with E-state index in [4.69, 9.17) is 9.52 Å². The van der Waals surface area contributed by atoms with Crippen LogP contribution in [0.2, 0.25) is 0 Å². The Balaban J connectivity index is 2.29. The van der Waals surface area contributed by atoms with Gasteiger partial charge >= 0.3 is 0 Å². The van der Waals surface area contributed by atoms with Crippen molar-refractivity contribution in [1.29, 1.82) is 0 Å². The molecule has 78 valence electrons. The highest BCUT2D eigenvalue weighted by molar-refractivity contribution is 5.52. The molecule has 0 saturated carbocycles. The monoisotopic (exact) mass is 207 g/mol. The zero-order chi connectivity index (χ0) is 10.7. The molecule has 0 amide bonds. The van der Waals surface area contributed by atoms with E-state index in [1.165, 1.54) is 18.4 Å². The minimum atomic E-state index is -0.325. The van der Waals surface area contributed by atoms with Crippen molar-refractivity contribution in [3.05, 3.63) is 42.0 Å². The Morgan fingerprint density at radius 1 is 1.40 bits per heavy atom. The third-order valence-electron chi connectivity index (χ3n) is 1.99. The number of halogens is 1. The van der Waals surface area contributed by atoms with Gasteiger partial charge in [-0.15, -0.1) is 0 Å². The molecule has 1 heterocycles. The lowest BCUT2D eigenvalue weighted by Gasteiger charge is -1.94. The molecule has 0 spiro atoms. The third kappa shape index (κ3) is 2.22. The average molecular weight is 207 g/mol. The van der Waals surface area contributed by atoms with E-state index in [0.29, 0.717) is 23.6 Å². The van der Waals surface area contributed by atoms with E-state index >= 15 is 0 Å². The minimum Gasteiger partial charge on any atom is -0.444 e. The summed E-state index contributed by atoms with van der Waals surface area (Å²) in [5, 5.41) is 8.70. The van der Waals surface area contributed by atoms with E-state index in [-0.39, 0.29) is 12.4 Å². The molecular weight excluding hydrogens is 197 g/mol. The molecule has 4 heteroatoms. The summed E-state index contributed by atoms with van der Waals surface area (Å²) < 4.78 is 18.1. The van der Waals surface area contributed by atoms with Crippen LogP contribution in [0.15, 0.2) is 34.9 Å². The molecule has 0 fully saturated rings. The van der Waals surface area contributed by atoms with Crippen LogP contribution >= 0.6 is 0 Å². The van der Waals surface area contributed by atoms with Crippen LogP contribution in [0.4, 0.5) is 4.39 Å². The Morgan fingerprint density at radius 2 is 2.27 bits per heavy atom. The Morgan fingerprint density at radius 3 is 3.00 bits per heavy atom. The van der Waals surface area contributed by atoms with Gasteiger partial charge in [-0.3, -0.25) is 0 Å². The van der Waals surface area contributed by atoms with Gasteiger partial charge in [0.25, 0.3) is 0 Å². The Bertz CT molecular complexity index is 453. The average Bonchev–Trinajstić information content (AvgIpc) is 2.67. The highest BCUT2D eigenvalue weighted by Crippen LogP contribution is 2.19. The van der Waals surface area contributed by atoms with Crippen LogP contribution in [0, 0.1) is 5.82 Å². The van der Waals surface area contributed by atoms with Gasteiger partial charge in [0.2, 0.25) is 5.89 Å². The van der Waals surface area contributed by atoms with Crippen molar-refractivity contribution in [2.45, 2.75) is 6.42 Å². The number of nitrogens with zero attached hydrogens (tertiary/aromatic N) is 1. The second-order valence-corrected chi connectivity index (χ2v) is 3.13. The van der Waals surface area contributed by atoms with Gasteiger partial charge in [-0.25, -0.2) is 9.37 Å². The second kappa shape index (κ2) is 4.23. The Labute approximate surface area is 86.2 Å². The molecule has 2 rings (SSSR count). The van der Waals surface area contributed by atoms with Crippen LogP contribution in [-0.2, 0) is 6.42 Å². The fourth-order valence-corrected chi connectivity index (χ4v) is 1.29. The summed E-state index contributed by atoms with van der Waals surface area (Å²) in [6, 6.07) is 6.04. The van der Waals surface area contributed by atoms with Crippen LogP contribution in [0.1, 0.15) is 5.69 Å². The summed E-state index contributed by atoms with van der Waals surface area (Å²) in [6.45, 7) is 0.0229. The molecule has 3 nitrogen and oxygen atoms in total. The van der Waals surface area contributed by atoms with Gasteiger partial charge in [0.05, 0.1) is 5.69 Å². The molecule has 15 heavy (non-hydrogen) atoms. The normalized spacial score (nSPS) is 10.5. The zero-order valence-electron chi connectivity index (χ0n) is 7.98. The van der Waals surface area contributed by atoms with E-state index in [1.807, 2.05) is 0 Å².